The Bertz CT molecular complexity index is 716. The zero-order valence-electron chi connectivity index (χ0n) is 14.4. The Morgan fingerprint density at radius 1 is 1.35 bits per heavy atom. The van der Waals surface area contributed by atoms with Crippen molar-refractivity contribution in [3.8, 4) is 5.69 Å². The van der Waals surface area contributed by atoms with Crippen LogP contribution in [0.15, 0.2) is 30.3 Å². The summed E-state index contributed by atoms with van der Waals surface area (Å²) in [7, 11) is 0. The van der Waals surface area contributed by atoms with Crippen molar-refractivity contribution in [2.75, 3.05) is 0 Å². The molecule has 0 aliphatic heterocycles. The van der Waals surface area contributed by atoms with Gasteiger partial charge in [-0.25, -0.2) is 4.68 Å². The fraction of sp³-hybridized carbons (Fsp3) is 0.474. The Labute approximate surface area is 137 Å². The number of aryl methyl sites for hydroxylation is 1. The molecule has 0 saturated carbocycles. The first-order valence-electron chi connectivity index (χ1n) is 8.34. The first kappa shape index (κ1) is 15.8. The highest BCUT2D eigenvalue weighted by molar-refractivity contribution is 5.76. The van der Waals surface area contributed by atoms with E-state index in [1.165, 1.54) is 11.3 Å². The molecule has 0 spiro atoms. The summed E-state index contributed by atoms with van der Waals surface area (Å²) >= 11 is 0. The summed E-state index contributed by atoms with van der Waals surface area (Å²) in [5, 5.41) is 7.97. The molecule has 122 valence electrons. The number of para-hydroxylation sites is 1. The van der Waals surface area contributed by atoms with Crippen molar-refractivity contribution in [3.05, 3.63) is 47.3 Å². The van der Waals surface area contributed by atoms with Gasteiger partial charge in [0.1, 0.15) is 0 Å². The van der Waals surface area contributed by atoms with Crippen molar-refractivity contribution >= 4 is 5.91 Å². The Hall–Kier alpha value is -2.10. The third-order valence-corrected chi connectivity index (χ3v) is 4.61. The Kier molecular flexibility index (Phi) is 4.00. The van der Waals surface area contributed by atoms with Gasteiger partial charge in [0.25, 0.3) is 0 Å². The van der Waals surface area contributed by atoms with Crippen LogP contribution in [0.3, 0.4) is 0 Å². The van der Waals surface area contributed by atoms with E-state index >= 15 is 0 Å². The third kappa shape index (κ3) is 3.03. The molecule has 4 nitrogen and oxygen atoms in total. The van der Waals surface area contributed by atoms with Gasteiger partial charge in [-0.2, -0.15) is 5.10 Å². The molecule has 1 unspecified atom stereocenters. The monoisotopic (exact) mass is 311 g/mol. The van der Waals surface area contributed by atoms with E-state index in [1.54, 1.807) is 0 Å². The number of carbonyl (C=O) groups excluding carboxylic acids is 1. The Morgan fingerprint density at radius 2 is 2.04 bits per heavy atom. The highest BCUT2D eigenvalue weighted by Gasteiger charge is 2.37. The molecule has 4 heteroatoms. The Balaban J connectivity index is 2.09. The lowest BCUT2D eigenvalue weighted by Gasteiger charge is -2.36. The first-order chi connectivity index (χ1) is 10.9. The summed E-state index contributed by atoms with van der Waals surface area (Å²) in [6.45, 7) is 8.46. The van der Waals surface area contributed by atoms with Crippen molar-refractivity contribution in [1.82, 2.24) is 15.1 Å². The number of benzene rings is 1. The zero-order chi connectivity index (χ0) is 16.6. The molecular weight excluding hydrogens is 286 g/mol. The van der Waals surface area contributed by atoms with Gasteiger partial charge in [0.2, 0.25) is 5.91 Å². The summed E-state index contributed by atoms with van der Waals surface area (Å²) in [5.74, 6) is 0.102. The van der Waals surface area contributed by atoms with Crippen LogP contribution in [0.5, 0.6) is 0 Å². The van der Waals surface area contributed by atoms with Crippen LogP contribution in [-0.2, 0) is 11.2 Å². The maximum Gasteiger partial charge on any atom is 0.220 e. The lowest BCUT2D eigenvalue weighted by atomic mass is 9.73. The van der Waals surface area contributed by atoms with Gasteiger partial charge in [-0.15, -0.1) is 0 Å². The number of hydrogen-bond acceptors (Lipinski definition) is 2. The lowest BCUT2D eigenvalue weighted by molar-refractivity contribution is -0.121. The van der Waals surface area contributed by atoms with E-state index < -0.39 is 0 Å². The van der Waals surface area contributed by atoms with Crippen molar-refractivity contribution < 1.29 is 4.79 Å². The molecule has 1 heterocycles. The van der Waals surface area contributed by atoms with Crippen LogP contribution in [0.1, 0.15) is 56.6 Å². The number of nitrogens with one attached hydrogen (secondary N) is 1. The average Bonchev–Trinajstić information content (AvgIpc) is 2.83. The number of aromatic nitrogens is 2. The standard InChI is InChI=1S/C19H25N3O/c1-5-17(23)20-15-11-19(3,4)12-16-18(15)13(2)21-22(16)14-9-7-6-8-10-14/h6-10,15H,5,11-12H2,1-4H3,(H,20,23). The predicted molar refractivity (Wildman–Crippen MR) is 91.6 cm³/mol. The number of amides is 1. The minimum absolute atomic E-state index is 0.0543. The molecule has 1 atom stereocenters. The van der Waals surface area contributed by atoms with E-state index in [9.17, 15) is 4.79 Å². The second-order valence-electron chi connectivity index (χ2n) is 7.21. The van der Waals surface area contributed by atoms with Crippen LogP contribution in [0.4, 0.5) is 0 Å². The maximum atomic E-state index is 12.0. The molecule has 2 aromatic rings. The zero-order valence-corrected chi connectivity index (χ0v) is 14.4. The molecular formula is C19H25N3O. The van der Waals surface area contributed by atoms with Crippen LogP contribution in [0, 0.1) is 12.3 Å². The van der Waals surface area contributed by atoms with E-state index in [4.69, 9.17) is 5.10 Å². The van der Waals surface area contributed by atoms with Crippen LogP contribution in [0.25, 0.3) is 5.69 Å². The molecule has 1 aromatic carbocycles. The minimum Gasteiger partial charge on any atom is -0.349 e. The van der Waals surface area contributed by atoms with E-state index in [0.29, 0.717) is 6.42 Å². The first-order valence-corrected chi connectivity index (χ1v) is 8.34. The molecule has 0 bridgehead atoms. The lowest BCUT2D eigenvalue weighted by Crippen LogP contribution is -2.36. The molecule has 1 aliphatic rings. The minimum atomic E-state index is 0.0543. The van der Waals surface area contributed by atoms with Gasteiger partial charge in [-0.1, -0.05) is 39.0 Å². The summed E-state index contributed by atoms with van der Waals surface area (Å²) < 4.78 is 2.05. The molecule has 0 fully saturated rings. The number of fused-ring (bicyclic) bond motifs is 1. The second kappa shape index (κ2) is 5.84. The highest BCUT2D eigenvalue weighted by Crippen LogP contribution is 2.42. The average molecular weight is 311 g/mol. The molecule has 3 rings (SSSR count). The second-order valence-corrected chi connectivity index (χ2v) is 7.21. The molecule has 0 saturated heterocycles. The van der Waals surface area contributed by atoms with E-state index in [1.807, 2.05) is 32.0 Å². The normalized spacial score (nSPS) is 19.2. The van der Waals surface area contributed by atoms with Crippen molar-refractivity contribution in [2.45, 2.75) is 53.0 Å². The topological polar surface area (TPSA) is 46.9 Å². The molecule has 23 heavy (non-hydrogen) atoms. The molecule has 0 radical (unpaired) electrons. The molecule has 1 amide bonds. The van der Waals surface area contributed by atoms with Gasteiger partial charge in [-0.05, 0) is 37.3 Å². The van der Waals surface area contributed by atoms with Gasteiger partial charge >= 0.3 is 0 Å². The van der Waals surface area contributed by atoms with Gasteiger partial charge < -0.3 is 5.32 Å². The predicted octanol–water partition coefficient (Wildman–Crippen LogP) is 3.72. The fourth-order valence-corrected chi connectivity index (χ4v) is 3.59. The molecule has 1 aromatic heterocycles. The summed E-state index contributed by atoms with van der Waals surface area (Å²) in [4.78, 5) is 12.0. The van der Waals surface area contributed by atoms with Gasteiger partial charge in [0.15, 0.2) is 0 Å². The number of carbonyl (C=O) groups is 1. The van der Waals surface area contributed by atoms with Crippen LogP contribution < -0.4 is 5.32 Å². The number of rotatable bonds is 3. The van der Waals surface area contributed by atoms with Crippen molar-refractivity contribution in [1.29, 1.82) is 0 Å². The molecule has 1 aliphatic carbocycles. The van der Waals surface area contributed by atoms with Crippen LogP contribution >= 0.6 is 0 Å². The number of nitrogens with zero attached hydrogens (tertiary/aromatic N) is 2. The van der Waals surface area contributed by atoms with Crippen molar-refractivity contribution in [3.63, 3.8) is 0 Å². The third-order valence-electron chi connectivity index (χ3n) is 4.61. The smallest absolute Gasteiger partial charge is 0.220 e. The van der Waals surface area contributed by atoms with Gasteiger partial charge in [0, 0.05) is 12.0 Å². The van der Waals surface area contributed by atoms with Crippen LogP contribution in [0.2, 0.25) is 0 Å². The highest BCUT2D eigenvalue weighted by atomic mass is 16.1. The number of hydrogen-bond donors (Lipinski definition) is 1. The summed E-state index contributed by atoms with van der Waals surface area (Å²) in [6, 6.07) is 10.3. The van der Waals surface area contributed by atoms with Crippen LogP contribution in [-0.4, -0.2) is 15.7 Å². The fourth-order valence-electron chi connectivity index (χ4n) is 3.59. The van der Waals surface area contributed by atoms with Crippen molar-refractivity contribution in [2.24, 2.45) is 5.41 Å². The quantitative estimate of drug-likeness (QED) is 0.939. The molecule has 1 N–H and O–H groups in total. The van der Waals surface area contributed by atoms with E-state index in [0.717, 1.165) is 24.2 Å². The van der Waals surface area contributed by atoms with E-state index in [-0.39, 0.29) is 17.4 Å². The summed E-state index contributed by atoms with van der Waals surface area (Å²) in [5.41, 5.74) is 4.66. The maximum absolute atomic E-state index is 12.0. The SMILES string of the molecule is CCC(=O)NC1CC(C)(C)Cc2c1c(C)nn2-c1ccccc1. The summed E-state index contributed by atoms with van der Waals surface area (Å²) in [6.07, 6.45) is 2.43. The van der Waals surface area contributed by atoms with E-state index in [2.05, 4.69) is 36.0 Å². The van der Waals surface area contributed by atoms with Gasteiger partial charge in [0.05, 0.1) is 23.1 Å². The Morgan fingerprint density at radius 3 is 2.70 bits per heavy atom. The largest absolute Gasteiger partial charge is 0.349 e. The van der Waals surface area contributed by atoms with Gasteiger partial charge in [-0.3, -0.25) is 4.79 Å².